The van der Waals surface area contributed by atoms with E-state index in [1.807, 2.05) is 0 Å². The number of likely N-dealkylation sites (tertiary alicyclic amines) is 1. The van der Waals surface area contributed by atoms with Gasteiger partial charge in [-0.2, -0.15) is 0 Å². The van der Waals surface area contributed by atoms with Crippen LogP contribution in [0.5, 0.6) is 0 Å². The van der Waals surface area contributed by atoms with Crippen LogP contribution in [0.15, 0.2) is 60.2 Å². The molecule has 0 radical (unpaired) electrons. The summed E-state index contributed by atoms with van der Waals surface area (Å²) in [6, 6.07) is 12.9. The van der Waals surface area contributed by atoms with Crippen LogP contribution < -0.4 is 0 Å². The Labute approximate surface area is 183 Å². The third kappa shape index (κ3) is 4.66. The van der Waals surface area contributed by atoms with Crippen molar-refractivity contribution in [3.63, 3.8) is 0 Å². The van der Waals surface area contributed by atoms with E-state index in [2.05, 4.69) is 0 Å². The molecule has 32 heavy (non-hydrogen) atoms. The number of Topliss-reactive ketones (excluding diaryl/α,β-unsaturated/α-hetero) is 1. The van der Waals surface area contributed by atoms with Gasteiger partial charge in [-0.25, -0.2) is 0 Å². The summed E-state index contributed by atoms with van der Waals surface area (Å²) in [5, 5.41) is 31.3. The Balaban J connectivity index is 2.05. The highest BCUT2D eigenvalue weighted by atomic mass is 16.6. The van der Waals surface area contributed by atoms with Crippen molar-refractivity contribution in [3.8, 4) is 0 Å². The van der Waals surface area contributed by atoms with E-state index in [-0.39, 0.29) is 29.8 Å². The number of benzene rings is 2. The number of carboxylic acids is 1. The van der Waals surface area contributed by atoms with Crippen molar-refractivity contribution in [1.82, 2.24) is 4.90 Å². The van der Waals surface area contributed by atoms with Crippen LogP contribution in [-0.2, 0) is 14.4 Å². The number of nitro benzene ring substituents is 1. The van der Waals surface area contributed by atoms with Crippen molar-refractivity contribution in [2.24, 2.45) is 0 Å². The number of carbonyl (C=O) groups excluding carboxylic acids is 2. The maximum Gasteiger partial charge on any atom is 0.303 e. The van der Waals surface area contributed by atoms with Crippen molar-refractivity contribution in [1.29, 1.82) is 0 Å². The van der Waals surface area contributed by atoms with Gasteiger partial charge in [0.25, 0.3) is 17.4 Å². The summed E-state index contributed by atoms with van der Waals surface area (Å²) in [6.45, 7) is 0.0898. The van der Waals surface area contributed by atoms with Gasteiger partial charge in [0.1, 0.15) is 5.76 Å². The quantitative estimate of drug-likeness (QED) is 0.152. The number of aliphatic hydroxyl groups excluding tert-OH is 1. The minimum absolute atomic E-state index is 0.0135. The standard InChI is InChI=1S/C23H22N2O7/c26-18(27)13-5-2-8-14-24-20(16-11-6-7-12-17(16)25(31)32)19(22(29)23(24)30)21(28)15-9-3-1-4-10-15/h1,3-4,6-7,9-12,20,28H,2,5,8,13-14H2,(H,26,27)/b21-19+. The second-order valence-corrected chi connectivity index (χ2v) is 7.38. The minimum Gasteiger partial charge on any atom is -0.507 e. The van der Waals surface area contributed by atoms with Crippen LogP contribution in [0.3, 0.4) is 0 Å². The van der Waals surface area contributed by atoms with Crippen molar-refractivity contribution in [3.05, 3.63) is 81.4 Å². The fourth-order valence-corrected chi connectivity index (χ4v) is 3.81. The predicted octanol–water partition coefficient (Wildman–Crippen LogP) is 3.66. The van der Waals surface area contributed by atoms with Crippen LogP contribution in [0.4, 0.5) is 5.69 Å². The number of nitro groups is 1. The molecule has 9 nitrogen and oxygen atoms in total. The van der Waals surface area contributed by atoms with E-state index >= 15 is 0 Å². The van der Waals surface area contributed by atoms with E-state index in [4.69, 9.17) is 5.11 Å². The number of para-hydroxylation sites is 1. The highest BCUT2D eigenvalue weighted by molar-refractivity contribution is 6.46. The number of amides is 1. The Morgan fingerprint density at radius 2 is 1.62 bits per heavy atom. The van der Waals surface area contributed by atoms with Crippen LogP contribution in [0.25, 0.3) is 5.76 Å². The molecule has 1 amide bonds. The Morgan fingerprint density at radius 3 is 2.28 bits per heavy atom. The van der Waals surface area contributed by atoms with E-state index in [0.29, 0.717) is 24.8 Å². The molecule has 3 rings (SSSR count). The highest BCUT2D eigenvalue weighted by Crippen LogP contribution is 2.42. The summed E-state index contributed by atoms with van der Waals surface area (Å²) < 4.78 is 0. The first-order valence-corrected chi connectivity index (χ1v) is 10.1. The molecule has 9 heteroatoms. The molecule has 2 aromatic rings. The first kappa shape index (κ1) is 22.7. The molecule has 0 bridgehead atoms. The fraction of sp³-hybridized carbons (Fsp3) is 0.261. The normalized spacial score (nSPS) is 17.5. The van der Waals surface area contributed by atoms with Gasteiger partial charge in [0.15, 0.2) is 0 Å². The molecule has 1 unspecified atom stereocenters. The summed E-state index contributed by atoms with van der Waals surface area (Å²) in [6.07, 6.45) is 1.29. The minimum atomic E-state index is -1.13. The number of hydrogen-bond acceptors (Lipinski definition) is 6. The van der Waals surface area contributed by atoms with E-state index in [1.54, 1.807) is 36.4 Å². The van der Waals surface area contributed by atoms with Crippen molar-refractivity contribution in [2.75, 3.05) is 6.54 Å². The third-order valence-corrected chi connectivity index (χ3v) is 5.30. The van der Waals surface area contributed by atoms with Crippen LogP contribution in [0.2, 0.25) is 0 Å². The van der Waals surface area contributed by atoms with Gasteiger partial charge in [-0.3, -0.25) is 24.5 Å². The maximum atomic E-state index is 12.9. The van der Waals surface area contributed by atoms with Gasteiger partial charge in [-0.1, -0.05) is 48.9 Å². The number of carboxylic acid groups (broad SMARTS) is 1. The molecule has 0 aliphatic carbocycles. The Bertz CT molecular complexity index is 1080. The molecule has 166 valence electrons. The number of ketones is 1. The lowest BCUT2D eigenvalue weighted by molar-refractivity contribution is -0.385. The number of aliphatic carboxylic acids is 1. The predicted molar refractivity (Wildman–Crippen MR) is 115 cm³/mol. The monoisotopic (exact) mass is 438 g/mol. The maximum absolute atomic E-state index is 12.9. The van der Waals surface area contributed by atoms with Gasteiger partial charge in [0, 0.05) is 24.6 Å². The smallest absolute Gasteiger partial charge is 0.303 e. The summed E-state index contributed by atoms with van der Waals surface area (Å²) in [4.78, 5) is 48.7. The zero-order valence-corrected chi connectivity index (χ0v) is 17.1. The highest BCUT2D eigenvalue weighted by Gasteiger charge is 2.47. The van der Waals surface area contributed by atoms with Gasteiger partial charge in [0.2, 0.25) is 0 Å². The molecule has 1 atom stereocenters. The summed E-state index contributed by atoms with van der Waals surface area (Å²) in [5.41, 5.74) is -0.0365. The van der Waals surface area contributed by atoms with Crippen LogP contribution in [0.1, 0.15) is 42.9 Å². The lowest BCUT2D eigenvalue weighted by atomic mass is 9.94. The van der Waals surface area contributed by atoms with Gasteiger partial charge in [0.05, 0.1) is 22.1 Å². The summed E-state index contributed by atoms with van der Waals surface area (Å²) in [7, 11) is 0. The number of aliphatic hydroxyl groups is 1. The molecule has 1 saturated heterocycles. The first-order chi connectivity index (χ1) is 15.3. The average Bonchev–Trinajstić information content (AvgIpc) is 3.03. The van der Waals surface area contributed by atoms with Crippen molar-refractivity contribution in [2.45, 2.75) is 31.7 Å². The topological polar surface area (TPSA) is 138 Å². The molecule has 1 fully saturated rings. The van der Waals surface area contributed by atoms with Gasteiger partial charge in [-0.15, -0.1) is 0 Å². The molecule has 0 spiro atoms. The zero-order valence-electron chi connectivity index (χ0n) is 17.1. The molecule has 1 aliphatic rings. The van der Waals surface area contributed by atoms with E-state index in [1.165, 1.54) is 23.1 Å². The number of nitrogens with zero attached hydrogens (tertiary/aromatic N) is 2. The molecule has 1 heterocycles. The molecule has 2 aromatic carbocycles. The van der Waals surface area contributed by atoms with Crippen LogP contribution in [-0.4, -0.2) is 44.2 Å². The second-order valence-electron chi connectivity index (χ2n) is 7.38. The van der Waals surface area contributed by atoms with E-state index < -0.39 is 34.4 Å². The lowest BCUT2D eigenvalue weighted by Gasteiger charge is -2.25. The average molecular weight is 438 g/mol. The van der Waals surface area contributed by atoms with Gasteiger partial charge >= 0.3 is 5.97 Å². The lowest BCUT2D eigenvalue weighted by Crippen LogP contribution is -2.31. The van der Waals surface area contributed by atoms with Crippen LogP contribution in [0, 0.1) is 10.1 Å². The molecule has 1 aliphatic heterocycles. The Hall–Kier alpha value is -4.01. The molecule has 2 N–H and O–H groups in total. The fourth-order valence-electron chi connectivity index (χ4n) is 3.81. The second kappa shape index (κ2) is 9.86. The van der Waals surface area contributed by atoms with E-state index in [0.717, 1.165) is 0 Å². The molecule has 0 aromatic heterocycles. The summed E-state index contributed by atoms with van der Waals surface area (Å²) >= 11 is 0. The number of carbonyl (C=O) groups is 3. The largest absolute Gasteiger partial charge is 0.507 e. The van der Waals surface area contributed by atoms with Crippen LogP contribution >= 0.6 is 0 Å². The van der Waals surface area contributed by atoms with Crippen molar-refractivity contribution < 1.29 is 29.5 Å². The SMILES string of the molecule is O=C(O)CCCCCN1C(=O)C(=O)/C(=C(/O)c2ccccc2)C1c1ccccc1[N+](=O)[O-]. The van der Waals surface area contributed by atoms with Crippen molar-refractivity contribution >= 4 is 29.1 Å². The molecular formula is C23H22N2O7. The zero-order chi connectivity index (χ0) is 23.3. The number of hydrogen-bond donors (Lipinski definition) is 2. The van der Waals surface area contributed by atoms with Gasteiger partial charge in [-0.05, 0) is 18.9 Å². The number of rotatable bonds is 9. The third-order valence-electron chi connectivity index (χ3n) is 5.30. The molecule has 0 saturated carbocycles. The van der Waals surface area contributed by atoms with Gasteiger partial charge < -0.3 is 15.1 Å². The molecular weight excluding hydrogens is 416 g/mol. The Kier molecular flexibility index (Phi) is 6.99. The Morgan fingerprint density at radius 1 is 0.969 bits per heavy atom. The first-order valence-electron chi connectivity index (χ1n) is 10.1. The van der Waals surface area contributed by atoms with E-state index in [9.17, 15) is 29.6 Å². The number of unbranched alkanes of at least 4 members (excludes halogenated alkanes) is 2. The summed E-state index contributed by atoms with van der Waals surface area (Å²) in [5.74, 6) is -3.10.